The van der Waals surface area contributed by atoms with Crippen LogP contribution in [0.4, 0.5) is 0 Å². The van der Waals surface area contributed by atoms with Gasteiger partial charge < -0.3 is 10.3 Å². The van der Waals surface area contributed by atoms with E-state index in [2.05, 4.69) is 30.3 Å². The molecule has 0 radical (unpaired) electrons. The van der Waals surface area contributed by atoms with E-state index >= 15 is 0 Å². The topological polar surface area (TPSA) is 60.9 Å². The van der Waals surface area contributed by atoms with Crippen LogP contribution in [0.2, 0.25) is 0 Å². The predicted molar refractivity (Wildman–Crippen MR) is 104 cm³/mol. The summed E-state index contributed by atoms with van der Waals surface area (Å²) in [5, 5.41) is 0. The van der Waals surface area contributed by atoms with Crippen molar-refractivity contribution in [1.82, 2.24) is 9.55 Å². The second-order valence-electron chi connectivity index (χ2n) is 7.18. The zero-order chi connectivity index (χ0) is 18.4. The average molecular weight is 341 g/mol. The summed E-state index contributed by atoms with van der Waals surface area (Å²) in [6.45, 7) is 9.61. The number of hydrogen-bond donors (Lipinski definition) is 1. The van der Waals surface area contributed by atoms with Crippen molar-refractivity contribution in [3.63, 3.8) is 0 Å². The van der Waals surface area contributed by atoms with Crippen molar-refractivity contribution in [2.75, 3.05) is 0 Å². The van der Waals surface area contributed by atoms with Crippen molar-refractivity contribution in [2.45, 2.75) is 66.3 Å². The Hall–Kier alpha value is -2.10. The lowest BCUT2D eigenvalue weighted by Gasteiger charge is -2.14. The molecule has 2 aromatic heterocycles. The minimum absolute atomic E-state index is 0.351. The molecule has 0 unspecified atom stereocenters. The fourth-order valence-electron chi connectivity index (χ4n) is 3.41. The van der Waals surface area contributed by atoms with E-state index in [4.69, 9.17) is 5.73 Å². The molecule has 1 amide bonds. The molecule has 0 saturated carbocycles. The van der Waals surface area contributed by atoms with Crippen molar-refractivity contribution in [3.05, 3.63) is 41.5 Å². The number of pyridine rings is 1. The third kappa shape index (κ3) is 4.50. The first kappa shape index (κ1) is 19.2. The van der Waals surface area contributed by atoms with Crippen LogP contribution >= 0.6 is 0 Å². The molecule has 0 fully saturated rings. The molecule has 0 bridgehead atoms. The van der Waals surface area contributed by atoms with Crippen LogP contribution in [0.3, 0.4) is 0 Å². The third-order valence-electron chi connectivity index (χ3n) is 4.77. The van der Waals surface area contributed by atoms with Crippen molar-refractivity contribution in [1.29, 1.82) is 0 Å². The van der Waals surface area contributed by atoms with E-state index in [1.807, 2.05) is 25.3 Å². The molecule has 0 aliphatic rings. The minimum Gasteiger partial charge on any atom is -0.366 e. The molecule has 0 atom stereocenters. The summed E-state index contributed by atoms with van der Waals surface area (Å²) in [6.07, 6.45) is 9.12. The predicted octanol–water partition coefficient (Wildman–Crippen LogP) is 4.74. The summed E-state index contributed by atoms with van der Waals surface area (Å²) in [7, 11) is 0. The molecule has 0 aliphatic carbocycles. The fraction of sp³-hybridized carbons (Fsp3) is 0.524. The summed E-state index contributed by atoms with van der Waals surface area (Å²) in [4.78, 5) is 16.5. The Morgan fingerprint density at radius 2 is 2.08 bits per heavy atom. The maximum atomic E-state index is 12.2. The Morgan fingerprint density at radius 1 is 1.32 bits per heavy atom. The van der Waals surface area contributed by atoms with Gasteiger partial charge in [-0.3, -0.25) is 9.78 Å². The normalized spacial score (nSPS) is 11.2. The van der Waals surface area contributed by atoms with Gasteiger partial charge in [0.15, 0.2) is 0 Å². The van der Waals surface area contributed by atoms with E-state index < -0.39 is 0 Å². The highest BCUT2D eigenvalue weighted by Crippen LogP contribution is 2.34. The lowest BCUT2D eigenvalue weighted by atomic mass is 9.98. The third-order valence-corrected chi connectivity index (χ3v) is 4.77. The molecule has 0 aromatic carbocycles. The van der Waals surface area contributed by atoms with Gasteiger partial charge in [-0.05, 0) is 38.2 Å². The summed E-state index contributed by atoms with van der Waals surface area (Å²) in [5.41, 5.74) is 10.6. The smallest absolute Gasteiger partial charge is 0.251 e. The average Bonchev–Trinajstić information content (AvgIpc) is 2.86. The number of carbonyl (C=O) groups is 1. The van der Waals surface area contributed by atoms with Crippen LogP contribution in [0.5, 0.6) is 0 Å². The second kappa shape index (κ2) is 8.84. The lowest BCUT2D eigenvalue weighted by Crippen LogP contribution is -2.13. The highest BCUT2D eigenvalue weighted by atomic mass is 16.1. The van der Waals surface area contributed by atoms with Crippen molar-refractivity contribution < 1.29 is 4.79 Å². The second-order valence-corrected chi connectivity index (χ2v) is 7.18. The molecule has 0 spiro atoms. The van der Waals surface area contributed by atoms with Crippen LogP contribution in [-0.4, -0.2) is 15.5 Å². The molecule has 2 aromatic rings. The van der Waals surface area contributed by atoms with E-state index in [1.165, 1.54) is 18.5 Å². The summed E-state index contributed by atoms with van der Waals surface area (Å²) < 4.78 is 2.32. The first-order valence-corrected chi connectivity index (χ1v) is 9.39. The number of primary amides is 1. The van der Waals surface area contributed by atoms with Gasteiger partial charge in [0.2, 0.25) is 0 Å². The molecule has 2 rings (SSSR count). The minimum atomic E-state index is -0.351. The number of hydrogen-bond acceptors (Lipinski definition) is 2. The highest BCUT2D eigenvalue weighted by molar-refractivity contribution is 6.02. The van der Waals surface area contributed by atoms with E-state index in [9.17, 15) is 4.79 Å². The van der Waals surface area contributed by atoms with Gasteiger partial charge in [0.25, 0.3) is 5.91 Å². The van der Waals surface area contributed by atoms with Crippen LogP contribution in [0.25, 0.3) is 11.1 Å². The Balaban J connectivity index is 2.59. The van der Waals surface area contributed by atoms with Crippen LogP contribution in [-0.2, 0) is 13.0 Å². The van der Waals surface area contributed by atoms with Crippen LogP contribution in [0.15, 0.2) is 24.5 Å². The van der Waals surface area contributed by atoms with Gasteiger partial charge in [-0.25, -0.2) is 0 Å². The van der Waals surface area contributed by atoms with Crippen LogP contribution < -0.4 is 5.73 Å². The van der Waals surface area contributed by atoms with E-state index in [0.29, 0.717) is 11.5 Å². The first-order valence-electron chi connectivity index (χ1n) is 9.39. The maximum absolute atomic E-state index is 12.2. The maximum Gasteiger partial charge on any atom is 0.251 e. The number of aromatic nitrogens is 2. The van der Waals surface area contributed by atoms with E-state index in [0.717, 1.165) is 42.6 Å². The summed E-state index contributed by atoms with van der Waals surface area (Å²) in [6, 6.07) is 3.93. The standard InChI is InChI=1S/C21H31N3O/c1-5-6-7-10-18-20(17-9-8-12-23-14-17)19(21(22)25)16(4)24(18)13-11-15(2)3/h8-9,12,14-15H,5-7,10-11,13H2,1-4H3,(H2,22,25). The van der Waals surface area contributed by atoms with Gasteiger partial charge >= 0.3 is 0 Å². The molecule has 0 aliphatic heterocycles. The van der Waals surface area contributed by atoms with E-state index in [1.54, 1.807) is 6.20 Å². The zero-order valence-corrected chi connectivity index (χ0v) is 16.0. The molecular formula is C21H31N3O. The monoisotopic (exact) mass is 341 g/mol. The molecule has 0 saturated heterocycles. The molecular weight excluding hydrogens is 310 g/mol. The number of nitrogens with zero attached hydrogens (tertiary/aromatic N) is 2. The van der Waals surface area contributed by atoms with Gasteiger partial charge in [0, 0.05) is 41.5 Å². The van der Waals surface area contributed by atoms with Crippen molar-refractivity contribution in [2.24, 2.45) is 11.7 Å². The number of carbonyl (C=O) groups excluding carboxylic acids is 1. The van der Waals surface area contributed by atoms with Gasteiger partial charge in [0.1, 0.15) is 0 Å². The number of rotatable bonds is 9. The quantitative estimate of drug-likeness (QED) is 0.670. The molecule has 25 heavy (non-hydrogen) atoms. The highest BCUT2D eigenvalue weighted by Gasteiger charge is 2.24. The SMILES string of the molecule is CCCCCc1c(-c2cccnc2)c(C(N)=O)c(C)n1CCC(C)C. The molecule has 2 N–H and O–H groups in total. The van der Waals surface area contributed by atoms with Crippen LogP contribution in [0.1, 0.15) is 68.2 Å². The zero-order valence-electron chi connectivity index (χ0n) is 16.0. The van der Waals surface area contributed by atoms with E-state index in [-0.39, 0.29) is 5.91 Å². The Morgan fingerprint density at radius 3 is 2.64 bits per heavy atom. The molecule has 2 heterocycles. The Labute approximate surface area is 151 Å². The summed E-state index contributed by atoms with van der Waals surface area (Å²) in [5.74, 6) is 0.264. The van der Waals surface area contributed by atoms with Gasteiger partial charge in [-0.1, -0.05) is 39.7 Å². The van der Waals surface area contributed by atoms with Crippen molar-refractivity contribution in [3.8, 4) is 11.1 Å². The fourth-order valence-corrected chi connectivity index (χ4v) is 3.41. The van der Waals surface area contributed by atoms with Crippen LogP contribution in [0, 0.1) is 12.8 Å². The van der Waals surface area contributed by atoms with Gasteiger partial charge in [-0.2, -0.15) is 0 Å². The summed E-state index contributed by atoms with van der Waals surface area (Å²) >= 11 is 0. The Bertz CT molecular complexity index is 702. The molecule has 136 valence electrons. The van der Waals surface area contributed by atoms with Gasteiger partial charge in [-0.15, -0.1) is 0 Å². The van der Waals surface area contributed by atoms with Gasteiger partial charge in [0.05, 0.1) is 5.56 Å². The number of amides is 1. The largest absolute Gasteiger partial charge is 0.366 e. The first-order chi connectivity index (χ1) is 12.0. The molecule has 4 heteroatoms. The Kier molecular flexibility index (Phi) is 6.80. The number of unbranched alkanes of at least 4 members (excludes halogenated alkanes) is 2. The number of nitrogens with two attached hydrogens (primary N) is 1. The van der Waals surface area contributed by atoms with Crippen molar-refractivity contribution >= 4 is 5.91 Å². The lowest BCUT2D eigenvalue weighted by molar-refractivity contribution is 0.1000. The molecule has 4 nitrogen and oxygen atoms in total.